The molecule has 0 N–H and O–H groups in total. The highest BCUT2D eigenvalue weighted by Crippen LogP contribution is 2.38. The SMILES string of the molecule is Fc1cc(C(Cc2ccccc2)c2cc(F)cc(C(F)(F)F)c2)cc(C(F)(F)F)c1. The molecule has 0 aliphatic rings. The smallest absolute Gasteiger partial charge is 0.207 e. The molecule has 8 heteroatoms. The largest absolute Gasteiger partial charge is 0.416 e. The molecule has 30 heavy (non-hydrogen) atoms. The monoisotopic (exact) mass is 430 g/mol. The number of alkyl halides is 6. The topological polar surface area (TPSA) is 0 Å². The summed E-state index contributed by atoms with van der Waals surface area (Å²) in [6.07, 6.45) is -9.76. The third-order valence-corrected chi connectivity index (χ3v) is 4.58. The molecule has 0 aliphatic heterocycles. The average molecular weight is 430 g/mol. The van der Waals surface area contributed by atoms with E-state index < -0.39 is 41.0 Å². The van der Waals surface area contributed by atoms with E-state index in [1.807, 2.05) is 0 Å². The Kier molecular flexibility index (Phi) is 5.87. The van der Waals surface area contributed by atoms with Crippen LogP contribution in [0.15, 0.2) is 66.7 Å². The fourth-order valence-corrected chi connectivity index (χ4v) is 3.23. The van der Waals surface area contributed by atoms with Gasteiger partial charge in [0.15, 0.2) is 0 Å². The first-order valence-electron chi connectivity index (χ1n) is 8.73. The van der Waals surface area contributed by atoms with E-state index in [2.05, 4.69) is 0 Å². The Labute approximate surface area is 166 Å². The summed E-state index contributed by atoms with van der Waals surface area (Å²) < 4.78 is 107. The van der Waals surface area contributed by atoms with E-state index in [4.69, 9.17) is 0 Å². The molecule has 3 rings (SSSR count). The molecular formula is C22H14F8. The van der Waals surface area contributed by atoms with E-state index in [0.29, 0.717) is 29.8 Å². The van der Waals surface area contributed by atoms with E-state index >= 15 is 0 Å². The summed E-state index contributed by atoms with van der Waals surface area (Å²) >= 11 is 0. The van der Waals surface area contributed by atoms with Crippen LogP contribution >= 0.6 is 0 Å². The van der Waals surface area contributed by atoms with Crippen LogP contribution in [0.1, 0.15) is 33.7 Å². The minimum absolute atomic E-state index is 0.0532. The molecular weight excluding hydrogens is 416 g/mol. The highest BCUT2D eigenvalue weighted by atomic mass is 19.4. The van der Waals surface area contributed by atoms with Crippen molar-refractivity contribution in [1.82, 2.24) is 0 Å². The summed E-state index contributed by atoms with van der Waals surface area (Å²) in [5.74, 6) is -3.52. The molecule has 0 saturated heterocycles. The minimum Gasteiger partial charge on any atom is -0.207 e. The molecule has 0 aliphatic carbocycles. The van der Waals surface area contributed by atoms with Crippen LogP contribution in [-0.4, -0.2) is 0 Å². The number of benzene rings is 3. The van der Waals surface area contributed by atoms with Gasteiger partial charge in [-0.15, -0.1) is 0 Å². The predicted molar refractivity (Wildman–Crippen MR) is 94.8 cm³/mol. The Morgan fingerprint density at radius 1 is 0.600 bits per heavy atom. The summed E-state index contributed by atoms with van der Waals surface area (Å²) in [7, 11) is 0. The van der Waals surface area contributed by atoms with Gasteiger partial charge in [-0.3, -0.25) is 0 Å². The number of hydrogen-bond donors (Lipinski definition) is 0. The van der Waals surface area contributed by atoms with E-state index in [-0.39, 0.29) is 17.5 Å². The van der Waals surface area contributed by atoms with Crippen molar-refractivity contribution < 1.29 is 35.1 Å². The molecule has 0 heterocycles. The van der Waals surface area contributed by atoms with Crippen LogP contribution in [0.2, 0.25) is 0 Å². The Bertz CT molecular complexity index is 956. The second kappa shape index (κ2) is 8.08. The maximum absolute atomic E-state index is 14.0. The summed E-state index contributed by atoms with van der Waals surface area (Å²) in [6.45, 7) is 0. The molecule has 0 aromatic heterocycles. The lowest BCUT2D eigenvalue weighted by molar-refractivity contribution is -0.138. The first kappa shape index (κ1) is 21.8. The maximum atomic E-state index is 14.0. The van der Waals surface area contributed by atoms with Crippen LogP contribution in [0.3, 0.4) is 0 Å². The molecule has 158 valence electrons. The van der Waals surface area contributed by atoms with Crippen molar-refractivity contribution in [3.63, 3.8) is 0 Å². The van der Waals surface area contributed by atoms with Crippen molar-refractivity contribution in [2.45, 2.75) is 24.7 Å². The summed E-state index contributed by atoms with van der Waals surface area (Å²) in [5, 5.41) is 0. The highest BCUT2D eigenvalue weighted by Gasteiger charge is 2.34. The molecule has 0 fully saturated rings. The third kappa shape index (κ3) is 5.17. The van der Waals surface area contributed by atoms with Crippen molar-refractivity contribution in [3.05, 3.63) is 106 Å². The van der Waals surface area contributed by atoms with Crippen LogP contribution in [0, 0.1) is 11.6 Å². The fraction of sp³-hybridized carbons (Fsp3) is 0.182. The van der Waals surface area contributed by atoms with Crippen molar-refractivity contribution in [2.75, 3.05) is 0 Å². The Morgan fingerprint density at radius 2 is 1.03 bits per heavy atom. The first-order valence-corrected chi connectivity index (χ1v) is 8.73. The van der Waals surface area contributed by atoms with Gasteiger partial charge < -0.3 is 0 Å². The zero-order chi connectivity index (χ0) is 22.1. The molecule has 0 spiro atoms. The van der Waals surface area contributed by atoms with Crippen LogP contribution in [0.4, 0.5) is 35.1 Å². The van der Waals surface area contributed by atoms with Crippen molar-refractivity contribution >= 4 is 0 Å². The standard InChI is InChI=1S/C22H14F8/c23-18-9-14(7-16(11-18)21(25,26)27)20(6-13-4-2-1-3-5-13)15-8-17(22(28,29)30)12-19(24)10-15/h1-5,7-12,20H,6H2. The van der Waals surface area contributed by atoms with Gasteiger partial charge in [0.25, 0.3) is 0 Å². The molecule has 0 saturated carbocycles. The molecule has 0 atom stereocenters. The van der Waals surface area contributed by atoms with Gasteiger partial charge in [-0.1, -0.05) is 30.3 Å². The predicted octanol–water partition coefficient (Wildman–Crippen LogP) is 7.38. The average Bonchev–Trinajstić information content (AvgIpc) is 2.64. The Balaban J connectivity index is 2.18. The number of halogens is 8. The molecule has 0 amide bonds. The molecule has 0 unspecified atom stereocenters. The van der Waals surface area contributed by atoms with Gasteiger partial charge in [0, 0.05) is 5.92 Å². The van der Waals surface area contributed by atoms with Crippen molar-refractivity contribution in [3.8, 4) is 0 Å². The summed E-state index contributed by atoms with van der Waals surface area (Å²) in [4.78, 5) is 0. The molecule has 3 aromatic carbocycles. The highest BCUT2D eigenvalue weighted by molar-refractivity contribution is 5.40. The van der Waals surface area contributed by atoms with Crippen LogP contribution in [0.25, 0.3) is 0 Å². The van der Waals surface area contributed by atoms with E-state index in [0.717, 1.165) is 12.1 Å². The Morgan fingerprint density at radius 3 is 1.43 bits per heavy atom. The molecule has 3 aromatic rings. The first-order chi connectivity index (χ1) is 13.9. The maximum Gasteiger partial charge on any atom is 0.416 e. The zero-order valence-electron chi connectivity index (χ0n) is 15.2. The zero-order valence-corrected chi connectivity index (χ0v) is 15.2. The molecule has 0 bridgehead atoms. The molecule has 0 radical (unpaired) electrons. The second-order valence-electron chi connectivity index (χ2n) is 6.78. The number of hydrogen-bond acceptors (Lipinski definition) is 0. The lowest BCUT2D eigenvalue weighted by atomic mass is 9.84. The van der Waals surface area contributed by atoms with E-state index in [1.54, 1.807) is 30.3 Å². The van der Waals surface area contributed by atoms with Gasteiger partial charge >= 0.3 is 12.4 Å². The van der Waals surface area contributed by atoms with Crippen molar-refractivity contribution in [2.24, 2.45) is 0 Å². The molecule has 0 nitrogen and oxygen atoms in total. The van der Waals surface area contributed by atoms with Gasteiger partial charge in [0.05, 0.1) is 11.1 Å². The third-order valence-electron chi connectivity index (χ3n) is 4.58. The van der Waals surface area contributed by atoms with Crippen LogP contribution in [0.5, 0.6) is 0 Å². The quantitative estimate of drug-likeness (QED) is 0.379. The van der Waals surface area contributed by atoms with Gasteiger partial charge in [-0.25, -0.2) is 8.78 Å². The van der Waals surface area contributed by atoms with Gasteiger partial charge in [0.2, 0.25) is 0 Å². The number of rotatable bonds is 4. The minimum atomic E-state index is -4.85. The van der Waals surface area contributed by atoms with Crippen LogP contribution < -0.4 is 0 Å². The van der Waals surface area contributed by atoms with Gasteiger partial charge in [-0.2, -0.15) is 26.3 Å². The van der Waals surface area contributed by atoms with Crippen LogP contribution in [-0.2, 0) is 18.8 Å². The summed E-state index contributed by atoms with van der Waals surface area (Å²) in [5.41, 5.74) is -2.38. The fourth-order valence-electron chi connectivity index (χ4n) is 3.23. The summed E-state index contributed by atoms with van der Waals surface area (Å²) in [6, 6.07) is 11.8. The second-order valence-corrected chi connectivity index (χ2v) is 6.78. The van der Waals surface area contributed by atoms with E-state index in [9.17, 15) is 35.1 Å². The van der Waals surface area contributed by atoms with Crippen molar-refractivity contribution in [1.29, 1.82) is 0 Å². The van der Waals surface area contributed by atoms with Gasteiger partial charge in [-0.05, 0) is 59.5 Å². The lowest BCUT2D eigenvalue weighted by Crippen LogP contribution is -2.12. The lowest BCUT2D eigenvalue weighted by Gasteiger charge is -2.21. The van der Waals surface area contributed by atoms with E-state index in [1.165, 1.54) is 0 Å². The van der Waals surface area contributed by atoms with Gasteiger partial charge in [0.1, 0.15) is 11.6 Å². The Hall–Kier alpha value is -2.90. The normalized spacial score (nSPS) is 12.4.